The fourth-order valence-electron chi connectivity index (χ4n) is 2.30. The molecule has 0 spiro atoms. The van der Waals surface area contributed by atoms with E-state index in [4.69, 9.17) is 4.74 Å². The van der Waals surface area contributed by atoms with Crippen molar-refractivity contribution >= 4 is 22.5 Å². The normalized spacial score (nSPS) is 14.2. The molecule has 0 saturated carbocycles. The molecule has 2 aromatic heterocycles. The van der Waals surface area contributed by atoms with Gasteiger partial charge in [0, 0.05) is 12.3 Å². The molecule has 0 unspecified atom stereocenters. The molecule has 94 valence electrons. The monoisotopic (exact) mass is 253 g/mol. The first-order valence-electron chi connectivity index (χ1n) is 6.08. The second kappa shape index (κ2) is 3.94. The molecule has 0 saturated heterocycles. The lowest BCUT2D eigenvalue weighted by Gasteiger charge is -2.30. The Hall–Kier alpha value is -2.63. The maximum absolute atomic E-state index is 5.70. The van der Waals surface area contributed by atoms with Gasteiger partial charge in [-0.3, -0.25) is 0 Å². The van der Waals surface area contributed by atoms with Crippen LogP contribution >= 0.6 is 0 Å². The zero-order valence-corrected chi connectivity index (χ0v) is 10.1. The lowest BCUT2D eigenvalue weighted by Crippen LogP contribution is -2.29. The summed E-state index contributed by atoms with van der Waals surface area (Å²) in [6.45, 7) is 1.40. The number of rotatable bonds is 1. The third kappa shape index (κ3) is 1.61. The van der Waals surface area contributed by atoms with Crippen molar-refractivity contribution in [3.8, 4) is 5.75 Å². The van der Waals surface area contributed by atoms with Crippen LogP contribution in [0.25, 0.3) is 11.0 Å². The van der Waals surface area contributed by atoms with E-state index in [9.17, 15) is 0 Å². The van der Waals surface area contributed by atoms with Crippen molar-refractivity contribution in [3.05, 3.63) is 36.5 Å². The molecule has 6 heteroatoms. The lowest BCUT2D eigenvalue weighted by atomic mass is 10.2. The third-order valence-corrected chi connectivity index (χ3v) is 3.19. The maximum Gasteiger partial charge on any atom is 0.145 e. The van der Waals surface area contributed by atoms with Gasteiger partial charge in [0.1, 0.15) is 29.2 Å². The van der Waals surface area contributed by atoms with Crippen LogP contribution in [0.4, 0.5) is 11.5 Å². The zero-order valence-electron chi connectivity index (χ0n) is 10.1. The molecular formula is C13H11N5O. The van der Waals surface area contributed by atoms with Gasteiger partial charge in [-0.25, -0.2) is 4.98 Å². The van der Waals surface area contributed by atoms with Crippen LogP contribution in [-0.4, -0.2) is 33.5 Å². The molecule has 3 heterocycles. The van der Waals surface area contributed by atoms with Crippen LogP contribution in [0.15, 0.2) is 36.5 Å². The van der Waals surface area contributed by atoms with E-state index >= 15 is 0 Å². The number of nitrogens with one attached hydrogen (secondary N) is 1. The number of pyridine rings is 1. The van der Waals surface area contributed by atoms with Gasteiger partial charge in [0.25, 0.3) is 0 Å². The van der Waals surface area contributed by atoms with E-state index in [1.54, 1.807) is 6.20 Å². The van der Waals surface area contributed by atoms with Crippen molar-refractivity contribution in [2.45, 2.75) is 0 Å². The number of hydrogen-bond acceptors (Lipinski definition) is 5. The second-order valence-electron chi connectivity index (χ2n) is 4.32. The maximum atomic E-state index is 5.70. The van der Waals surface area contributed by atoms with E-state index in [2.05, 4.69) is 25.3 Å². The van der Waals surface area contributed by atoms with E-state index in [0.29, 0.717) is 6.61 Å². The van der Waals surface area contributed by atoms with E-state index in [-0.39, 0.29) is 0 Å². The van der Waals surface area contributed by atoms with Crippen LogP contribution in [0.5, 0.6) is 5.75 Å². The number of benzene rings is 1. The molecule has 1 N–H and O–H groups in total. The summed E-state index contributed by atoms with van der Waals surface area (Å²) in [4.78, 5) is 6.53. The standard InChI is InChI=1S/C13H11N5O/c1-2-4-14-13(3-1)18-5-6-19-12-8-10-9(7-11(12)18)15-17-16-10/h1-4,7-8H,5-6H2,(H,15,16,17). The van der Waals surface area contributed by atoms with Crippen LogP contribution in [-0.2, 0) is 0 Å². The predicted molar refractivity (Wildman–Crippen MR) is 70.6 cm³/mol. The van der Waals surface area contributed by atoms with Gasteiger partial charge in [0.05, 0.1) is 12.2 Å². The Morgan fingerprint density at radius 3 is 2.89 bits per heavy atom. The van der Waals surface area contributed by atoms with E-state index in [1.165, 1.54) is 0 Å². The first-order valence-corrected chi connectivity index (χ1v) is 6.08. The first-order chi connectivity index (χ1) is 9.42. The van der Waals surface area contributed by atoms with Gasteiger partial charge in [0.15, 0.2) is 0 Å². The summed E-state index contributed by atoms with van der Waals surface area (Å²) >= 11 is 0. The number of anilines is 2. The Morgan fingerprint density at radius 2 is 2.05 bits per heavy atom. The number of aromatic nitrogens is 4. The van der Waals surface area contributed by atoms with Crippen molar-refractivity contribution < 1.29 is 4.74 Å². The predicted octanol–water partition coefficient (Wildman–Crippen LogP) is 1.88. The lowest BCUT2D eigenvalue weighted by molar-refractivity contribution is 0.314. The van der Waals surface area contributed by atoms with Crippen LogP contribution in [0.2, 0.25) is 0 Å². The number of aromatic amines is 1. The number of ether oxygens (including phenoxy) is 1. The molecule has 19 heavy (non-hydrogen) atoms. The highest BCUT2D eigenvalue weighted by Gasteiger charge is 2.21. The highest BCUT2D eigenvalue weighted by Crippen LogP contribution is 2.37. The smallest absolute Gasteiger partial charge is 0.145 e. The Labute approximate surface area is 109 Å². The fraction of sp³-hybridized carbons (Fsp3) is 0.154. The fourth-order valence-corrected chi connectivity index (χ4v) is 2.30. The van der Waals surface area contributed by atoms with Crippen molar-refractivity contribution in [2.75, 3.05) is 18.1 Å². The molecular weight excluding hydrogens is 242 g/mol. The summed E-state index contributed by atoms with van der Waals surface area (Å²) in [7, 11) is 0. The molecule has 1 aliphatic rings. The molecule has 6 nitrogen and oxygen atoms in total. The number of H-pyrrole nitrogens is 1. The van der Waals surface area contributed by atoms with Gasteiger partial charge in [-0.2, -0.15) is 15.4 Å². The van der Waals surface area contributed by atoms with Gasteiger partial charge in [-0.1, -0.05) is 6.07 Å². The van der Waals surface area contributed by atoms with Gasteiger partial charge < -0.3 is 9.64 Å². The van der Waals surface area contributed by atoms with Crippen LogP contribution in [0, 0.1) is 0 Å². The Balaban J connectivity index is 1.89. The average Bonchev–Trinajstić information content (AvgIpc) is 2.92. The van der Waals surface area contributed by atoms with Gasteiger partial charge in [-0.05, 0) is 18.2 Å². The molecule has 0 aliphatic carbocycles. The summed E-state index contributed by atoms with van der Waals surface area (Å²) in [6.07, 6.45) is 1.79. The molecule has 1 aromatic carbocycles. The minimum Gasteiger partial charge on any atom is -0.489 e. The minimum atomic E-state index is 0.632. The minimum absolute atomic E-state index is 0.632. The summed E-state index contributed by atoms with van der Waals surface area (Å²) in [5, 5.41) is 10.8. The Bertz CT molecular complexity index is 724. The Morgan fingerprint density at radius 1 is 1.16 bits per heavy atom. The average molecular weight is 253 g/mol. The third-order valence-electron chi connectivity index (χ3n) is 3.19. The summed E-state index contributed by atoms with van der Waals surface area (Å²) in [5.74, 6) is 1.73. The largest absolute Gasteiger partial charge is 0.489 e. The molecule has 3 aromatic rings. The van der Waals surface area contributed by atoms with E-state index < -0.39 is 0 Å². The number of nitrogens with zero attached hydrogens (tertiary/aromatic N) is 4. The summed E-state index contributed by atoms with van der Waals surface area (Å²) in [5.41, 5.74) is 2.61. The molecule has 0 bridgehead atoms. The zero-order chi connectivity index (χ0) is 12.7. The van der Waals surface area contributed by atoms with Gasteiger partial charge in [-0.15, -0.1) is 0 Å². The van der Waals surface area contributed by atoms with Gasteiger partial charge >= 0.3 is 0 Å². The highest BCUT2D eigenvalue weighted by atomic mass is 16.5. The number of hydrogen-bond donors (Lipinski definition) is 1. The topological polar surface area (TPSA) is 66.9 Å². The first kappa shape index (κ1) is 10.3. The molecule has 1 aliphatic heterocycles. The number of fused-ring (bicyclic) bond motifs is 2. The molecule has 0 fully saturated rings. The van der Waals surface area contributed by atoms with Crippen molar-refractivity contribution in [1.82, 2.24) is 20.4 Å². The quantitative estimate of drug-likeness (QED) is 0.717. The van der Waals surface area contributed by atoms with Crippen LogP contribution in [0.3, 0.4) is 0 Å². The van der Waals surface area contributed by atoms with Crippen molar-refractivity contribution in [3.63, 3.8) is 0 Å². The van der Waals surface area contributed by atoms with Crippen LogP contribution in [0.1, 0.15) is 0 Å². The Kier molecular flexibility index (Phi) is 2.14. The molecule has 0 atom stereocenters. The molecule has 0 radical (unpaired) electrons. The van der Waals surface area contributed by atoms with E-state index in [0.717, 1.165) is 34.8 Å². The molecule has 4 rings (SSSR count). The van der Waals surface area contributed by atoms with Crippen molar-refractivity contribution in [1.29, 1.82) is 0 Å². The summed E-state index contributed by atoms with van der Waals surface area (Å²) < 4.78 is 5.70. The van der Waals surface area contributed by atoms with E-state index in [1.807, 2.05) is 30.3 Å². The molecule has 0 amide bonds. The SMILES string of the molecule is c1ccc(N2CCOc3cc4n[nH]nc4cc32)nc1. The second-order valence-corrected chi connectivity index (χ2v) is 4.32. The summed E-state index contributed by atoms with van der Waals surface area (Å²) in [6, 6.07) is 9.76. The van der Waals surface area contributed by atoms with Gasteiger partial charge in [0.2, 0.25) is 0 Å². The van der Waals surface area contributed by atoms with Crippen molar-refractivity contribution in [2.24, 2.45) is 0 Å². The highest BCUT2D eigenvalue weighted by molar-refractivity contribution is 5.84. The van der Waals surface area contributed by atoms with Crippen LogP contribution < -0.4 is 9.64 Å².